The van der Waals surface area contributed by atoms with Crippen LogP contribution in [-0.2, 0) is 20.7 Å². The van der Waals surface area contributed by atoms with Crippen molar-refractivity contribution < 1.29 is 24.2 Å². The van der Waals surface area contributed by atoms with Crippen molar-refractivity contribution in [2.24, 2.45) is 28.9 Å². The van der Waals surface area contributed by atoms with Gasteiger partial charge in [0.1, 0.15) is 11.6 Å². The van der Waals surface area contributed by atoms with E-state index in [1.807, 2.05) is 41.5 Å². The number of nitrogens with one attached hydrogen (secondary N) is 1. The highest BCUT2D eigenvalue weighted by atomic mass is 16.6. The van der Waals surface area contributed by atoms with E-state index in [9.17, 15) is 19.5 Å². The quantitative estimate of drug-likeness (QED) is 0.274. The summed E-state index contributed by atoms with van der Waals surface area (Å²) >= 11 is 0. The second-order valence-corrected chi connectivity index (χ2v) is 13.6. The Labute approximate surface area is 250 Å². The van der Waals surface area contributed by atoms with Gasteiger partial charge in [-0.3, -0.25) is 9.59 Å². The van der Waals surface area contributed by atoms with Gasteiger partial charge in [-0.15, -0.1) is 0 Å². The van der Waals surface area contributed by atoms with Crippen LogP contribution in [-0.4, -0.2) is 62.0 Å². The summed E-state index contributed by atoms with van der Waals surface area (Å²) in [5.74, 6) is 0.659. The third kappa shape index (κ3) is 8.22. The highest BCUT2D eigenvalue weighted by Gasteiger charge is 2.54. The Morgan fingerprint density at radius 3 is 2.60 bits per heavy atom. The smallest absolute Gasteiger partial charge is 0.408 e. The Hall–Kier alpha value is -3.17. The minimum absolute atomic E-state index is 0.0820. The second-order valence-electron chi connectivity index (χ2n) is 13.6. The monoisotopic (exact) mass is 585 g/mol. The maximum atomic E-state index is 13.8. The number of aromatic hydroxyl groups is 1. The number of alkyl carbamates (subject to hydrolysis) is 1. The molecule has 2 heterocycles. The molecule has 2 unspecified atom stereocenters. The van der Waals surface area contributed by atoms with E-state index in [1.54, 1.807) is 11.0 Å². The fraction of sp³-hybridized carbons (Fsp3) is 0.719. The number of nitrogens with two attached hydrogens (primary N) is 1. The first-order valence-corrected chi connectivity index (χ1v) is 15.5. The molecule has 0 radical (unpaired) electrons. The molecule has 2 amide bonds. The van der Waals surface area contributed by atoms with E-state index in [0.717, 1.165) is 44.9 Å². The van der Waals surface area contributed by atoms with Crippen LogP contribution in [0.5, 0.6) is 5.75 Å². The Bertz CT molecular complexity index is 1150. The zero-order valence-electron chi connectivity index (χ0n) is 26.5. The third-order valence-electron chi connectivity index (χ3n) is 8.82. The van der Waals surface area contributed by atoms with Crippen LogP contribution in [0.3, 0.4) is 0 Å². The summed E-state index contributed by atoms with van der Waals surface area (Å²) in [6.45, 7) is 14.0. The molecule has 10 heteroatoms. The largest absolute Gasteiger partial charge is 0.504 e. The second kappa shape index (κ2) is 13.9. The van der Waals surface area contributed by atoms with Crippen molar-refractivity contribution in [1.29, 1.82) is 0 Å². The summed E-state index contributed by atoms with van der Waals surface area (Å²) in [6, 6.07) is -1.25. The molecule has 1 aliphatic carbocycles. The van der Waals surface area contributed by atoms with E-state index < -0.39 is 29.2 Å². The number of aromatic nitrogens is 2. The average molecular weight is 586 g/mol. The zero-order valence-corrected chi connectivity index (χ0v) is 26.5. The van der Waals surface area contributed by atoms with Gasteiger partial charge in [0.25, 0.3) is 0 Å². The van der Waals surface area contributed by atoms with Gasteiger partial charge in [0.2, 0.25) is 5.91 Å². The molecule has 5 atom stereocenters. The lowest BCUT2D eigenvalue weighted by atomic mass is 9.84. The molecule has 2 aliphatic rings. The maximum absolute atomic E-state index is 13.8. The van der Waals surface area contributed by atoms with Crippen molar-refractivity contribution in [2.45, 2.75) is 118 Å². The Morgan fingerprint density at radius 1 is 1.26 bits per heavy atom. The lowest BCUT2D eigenvalue weighted by Crippen LogP contribution is -2.58. The number of carbonyl (C=O) groups is 3. The summed E-state index contributed by atoms with van der Waals surface area (Å²) in [5.41, 5.74) is 4.90. The van der Waals surface area contributed by atoms with Crippen LogP contribution in [0.25, 0.3) is 6.08 Å². The predicted octanol–water partition coefficient (Wildman–Crippen LogP) is 4.99. The standard InChI is InChI=1S/C32H51N5O5/c1-8-21-15-17-37(26(21)27(39)20(2)3)29(40)28(31(4,5)6)36-30(41)42-32(7)18-22(32)12-10-9-11-13-23-24(38)19-34-25(35-23)14-16-33/h14,16,19-22,26,28,38H,8-13,15,17-18,33H2,1-7H3,(H,36,41)/t21-,22-,26+,28?,32?/m1/s1. The molecule has 10 nitrogen and oxygen atoms in total. The fourth-order valence-corrected chi connectivity index (χ4v) is 6.03. The lowest BCUT2D eigenvalue weighted by Gasteiger charge is -2.36. The number of rotatable bonds is 13. The number of nitrogens with zero attached hydrogens (tertiary/aromatic N) is 3. The van der Waals surface area contributed by atoms with E-state index in [4.69, 9.17) is 10.5 Å². The van der Waals surface area contributed by atoms with Gasteiger partial charge in [-0.2, -0.15) is 0 Å². The minimum Gasteiger partial charge on any atom is -0.504 e. The lowest BCUT2D eigenvalue weighted by molar-refractivity contribution is -0.143. The molecule has 1 saturated heterocycles. The van der Waals surface area contributed by atoms with Crippen LogP contribution in [0.1, 0.15) is 105 Å². The molecule has 234 valence electrons. The van der Waals surface area contributed by atoms with Crippen LogP contribution in [0.15, 0.2) is 12.4 Å². The zero-order chi connectivity index (χ0) is 31.2. The van der Waals surface area contributed by atoms with Crippen molar-refractivity contribution >= 4 is 23.9 Å². The van der Waals surface area contributed by atoms with Crippen LogP contribution in [0.4, 0.5) is 4.79 Å². The molecule has 1 aliphatic heterocycles. The number of hydrogen-bond donors (Lipinski definition) is 3. The molecule has 1 aromatic rings. The number of unbranched alkanes of at least 4 members (excludes halogenated alkanes) is 2. The molecule has 0 aromatic carbocycles. The van der Waals surface area contributed by atoms with Crippen molar-refractivity contribution in [1.82, 2.24) is 20.2 Å². The fourth-order valence-electron chi connectivity index (χ4n) is 6.03. The van der Waals surface area contributed by atoms with Gasteiger partial charge in [-0.05, 0) is 62.6 Å². The molecule has 0 bridgehead atoms. The summed E-state index contributed by atoms with van der Waals surface area (Å²) in [5, 5.41) is 12.9. The summed E-state index contributed by atoms with van der Waals surface area (Å²) in [4.78, 5) is 50.0. The van der Waals surface area contributed by atoms with Crippen molar-refractivity contribution in [2.75, 3.05) is 6.54 Å². The van der Waals surface area contributed by atoms with Crippen molar-refractivity contribution in [3.8, 4) is 5.75 Å². The number of hydrogen-bond acceptors (Lipinski definition) is 8. The summed E-state index contributed by atoms with van der Waals surface area (Å²) in [6.07, 6.45) is 10.5. The number of carbonyl (C=O) groups excluding carboxylic acids is 3. The first kappa shape index (κ1) is 33.3. The molecule has 0 spiro atoms. The van der Waals surface area contributed by atoms with Crippen LogP contribution in [0, 0.1) is 23.2 Å². The van der Waals surface area contributed by atoms with Crippen molar-refractivity contribution in [3.63, 3.8) is 0 Å². The van der Waals surface area contributed by atoms with Gasteiger partial charge in [0, 0.05) is 18.4 Å². The molecule has 3 rings (SSSR count). The number of ketones is 1. The number of aryl methyl sites for hydroxylation is 1. The van der Waals surface area contributed by atoms with Crippen LogP contribution >= 0.6 is 0 Å². The first-order valence-electron chi connectivity index (χ1n) is 15.5. The average Bonchev–Trinajstić information content (AvgIpc) is 3.34. The van der Waals surface area contributed by atoms with E-state index in [0.29, 0.717) is 24.5 Å². The number of likely N-dealkylation sites (tertiary alicyclic amines) is 1. The van der Waals surface area contributed by atoms with E-state index in [-0.39, 0.29) is 35.2 Å². The topological polar surface area (TPSA) is 148 Å². The molecule has 4 N–H and O–H groups in total. The third-order valence-corrected chi connectivity index (χ3v) is 8.82. The molecule has 42 heavy (non-hydrogen) atoms. The molecular formula is C32H51N5O5. The number of Topliss-reactive ketones (excluding diaryl/α,β-unsaturated/α-hetero) is 1. The Balaban J connectivity index is 1.51. The van der Waals surface area contributed by atoms with E-state index in [2.05, 4.69) is 22.2 Å². The van der Waals surface area contributed by atoms with Crippen LogP contribution in [0.2, 0.25) is 0 Å². The maximum Gasteiger partial charge on any atom is 0.408 e. The minimum atomic E-state index is -0.803. The van der Waals surface area contributed by atoms with Gasteiger partial charge in [0.05, 0.1) is 17.9 Å². The number of amides is 2. The van der Waals surface area contributed by atoms with Crippen molar-refractivity contribution in [3.05, 3.63) is 23.9 Å². The molecule has 2 fully saturated rings. The van der Waals surface area contributed by atoms with E-state index in [1.165, 1.54) is 12.4 Å². The molecule has 1 saturated carbocycles. The predicted molar refractivity (Wildman–Crippen MR) is 162 cm³/mol. The van der Waals surface area contributed by atoms with Gasteiger partial charge in [-0.25, -0.2) is 14.8 Å². The molecular weight excluding hydrogens is 534 g/mol. The van der Waals surface area contributed by atoms with Gasteiger partial charge in [-0.1, -0.05) is 60.8 Å². The van der Waals surface area contributed by atoms with Gasteiger partial charge in [0.15, 0.2) is 17.4 Å². The van der Waals surface area contributed by atoms with Crippen LogP contribution < -0.4 is 11.1 Å². The Kier molecular flexibility index (Phi) is 11.0. The highest BCUT2D eigenvalue weighted by Crippen LogP contribution is 2.49. The summed E-state index contributed by atoms with van der Waals surface area (Å²) < 4.78 is 5.88. The van der Waals surface area contributed by atoms with E-state index >= 15 is 0 Å². The molecule has 1 aromatic heterocycles. The SMILES string of the molecule is CC[C@@H]1CCN(C(=O)C(NC(=O)OC2(C)C[C@H]2CCCCCc2nc(C=CN)ncc2O)C(C)(C)C)[C@@H]1C(=O)C(C)C. The van der Waals surface area contributed by atoms with Gasteiger partial charge < -0.3 is 25.8 Å². The highest BCUT2D eigenvalue weighted by molar-refractivity contribution is 5.94. The normalized spacial score (nSPS) is 24.7. The first-order chi connectivity index (χ1) is 19.7. The Morgan fingerprint density at radius 2 is 1.98 bits per heavy atom. The number of ether oxygens (including phenoxy) is 1. The van der Waals surface area contributed by atoms with Gasteiger partial charge >= 0.3 is 6.09 Å². The summed E-state index contributed by atoms with van der Waals surface area (Å²) in [7, 11) is 0.